The van der Waals surface area contributed by atoms with Crippen molar-refractivity contribution in [1.29, 1.82) is 0 Å². The van der Waals surface area contributed by atoms with E-state index in [9.17, 15) is 0 Å². The number of nitrogens with two attached hydrogens (primary N) is 1. The molecule has 0 unspecified atom stereocenters. The van der Waals surface area contributed by atoms with E-state index in [1.165, 1.54) is 0 Å². The summed E-state index contributed by atoms with van der Waals surface area (Å²) in [5.74, 6) is 1.40. The fourth-order valence-corrected chi connectivity index (χ4v) is 1.80. The minimum Gasteiger partial charge on any atom is -0.494 e. The lowest BCUT2D eigenvalue weighted by atomic mass is 10.2. The average molecular weight is 285 g/mol. The number of hydrogen-bond donors (Lipinski definition) is 1. The van der Waals surface area contributed by atoms with Crippen LogP contribution < -0.4 is 15.2 Å². The third-order valence-electron chi connectivity index (χ3n) is 2.69. The molecule has 0 aliphatic rings. The second kappa shape index (κ2) is 7.28. The van der Waals surface area contributed by atoms with Crippen molar-refractivity contribution in [3.05, 3.63) is 42.5 Å². The molecule has 0 saturated carbocycles. The van der Waals surface area contributed by atoms with Gasteiger partial charge in [0.1, 0.15) is 17.2 Å². The number of benzene rings is 2. The lowest BCUT2D eigenvalue weighted by molar-refractivity contribution is 0.340. The van der Waals surface area contributed by atoms with Gasteiger partial charge < -0.3 is 15.2 Å². The van der Waals surface area contributed by atoms with Gasteiger partial charge in [0, 0.05) is 17.8 Å². The maximum atomic E-state index is 5.75. The van der Waals surface area contributed by atoms with Gasteiger partial charge in [0.25, 0.3) is 0 Å². The van der Waals surface area contributed by atoms with Crippen molar-refractivity contribution in [1.82, 2.24) is 0 Å². The Hall–Kier alpha value is -2.56. The number of nitrogens with zero attached hydrogens (tertiary/aromatic N) is 2. The molecule has 0 radical (unpaired) electrons. The molecule has 2 rings (SSSR count). The van der Waals surface area contributed by atoms with Gasteiger partial charge >= 0.3 is 0 Å². The van der Waals surface area contributed by atoms with E-state index in [1.807, 2.05) is 38.1 Å². The highest BCUT2D eigenvalue weighted by Gasteiger charge is 2.03. The zero-order chi connectivity index (χ0) is 15.1. The maximum Gasteiger partial charge on any atom is 0.148 e. The first-order valence-corrected chi connectivity index (χ1v) is 6.90. The van der Waals surface area contributed by atoms with Crippen molar-refractivity contribution < 1.29 is 9.47 Å². The van der Waals surface area contributed by atoms with E-state index >= 15 is 0 Å². The van der Waals surface area contributed by atoms with Crippen molar-refractivity contribution in [3.63, 3.8) is 0 Å². The highest BCUT2D eigenvalue weighted by Crippen LogP contribution is 2.31. The van der Waals surface area contributed by atoms with Gasteiger partial charge in [-0.25, -0.2) is 0 Å². The second-order valence-corrected chi connectivity index (χ2v) is 4.29. The van der Waals surface area contributed by atoms with Crippen molar-refractivity contribution in [2.24, 2.45) is 10.2 Å². The highest BCUT2D eigenvalue weighted by molar-refractivity contribution is 5.59. The van der Waals surface area contributed by atoms with Crippen LogP contribution in [0.2, 0.25) is 0 Å². The molecule has 2 N–H and O–H groups in total. The van der Waals surface area contributed by atoms with Crippen LogP contribution in [0.4, 0.5) is 17.1 Å². The van der Waals surface area contributed by atoms with Gasteiger partial charge in [-0.05, 0) is 38.1 Å². The molecule has 5 nitrogen and oxygen atoms in total. The van der Waals surface area contributed by atoms with E-state index in [2.05, 4.69) is 10.2 Å². The Balaban J connectivity index is 2.22. The van der Waals surface area contributed by atoms with E-state index in [0.717, 1.165) is 11.4 Å². The molecule has 0 spiro atoms. The Morgan fingerprint density at radius 2 is 1.76 bits per heavy atom. The first-order valence-electron chi connectivity index (χ1n) is 6.90. The molecule has 0 atom stereocenters. The molecule has 2 aromatic carbocycles. The minimum atomic E-state index is 0.547. The molecule has 5 heteroatoms. The molecule has 0 bridgehead atoms. The van der Waals surface area contributed by atoms with Crippen molar-refractivity contribution >= 4 is 17.1 Å². The van der Waals surface area contributed by atoms with E-state index in [4.69, 9.17) is 15.2 Å². The Morgan fingerprint density at radius 1 is 0.952 bits per heavy atom. The summed E-state index contributed by atoms with van der Waals surface area (Å²) in [6.45, 7) is 5.02. The summed E-state index contributed by atoms with van der Waals surface area (Å²) in [4.78, 5) is 0. The van der Waals surface area contributed by atoms with Gasteiger partial charge in [-0.3, -0.25) is 0 Å². The standard InChI is InChI=1S/C16H19N3O2/c1-3-20-14-7-5-6-13(11-14)18-19-15-9-8-12(17)10-16(15)21-4-2/h5-11H,3-4,17H2,1-2H3. The third-order valence-corrected chi connectivity index (χ3v) is 2.69. The van der Waals surface area contributed by atoms with Crippen LogP contribution >= 0.6 is 0 Å². The third kappa shape index (κ3) is 4.21. The Labute approximate surface area is 124 Å². The van der Waals surface area contributed by atoms with Crippen LogP contribution in [0.1, 0.15) is 13.8 Å². The number of azo groups is 1. The maximum absolute atomic E-state index is 5.75. The van der Waals surface area contributed by atoms with Crippen molar-refractivity contribution in [2.45, 2.75) is 13.8 Å². The number of nitrogen functional groups attached to an aromatic ring is 1. The monoisotopic (exact) mass is 285 g/mol. The molecule has 21 heavy (non-hydrogen) atoms. The van der Waals surface area contributed by atoms with Crippen molar-refractivity contribution in [3.8, 4) is 11.5 Å². The molecule has 2 aromatic rings. The fourth-order valence-electron chi connectivity index (χ4n) is 1.80. The topological polar surface area (TPSA) is 69.2 Å². The summed E-state index contributed by atoms with van der Waals surface area (Å²) in [5, 5.41) is 8.44. The summed E-state index contributed by atoms with van der Waals surface area (Å²) in [6, 6.07) is 12.8. The SMILES string of the molecule is CCOc1cccc(N=Nc2ccc(N)cc2OCC)c1. The van der Waals surface area contributed by atoms with Crippen LogP contribution in [0.3, 0.4) is 0 Å². The van der Waals surface area contributed by atoms with Crippen LogP contribution in [-0.2, 0) is 0 Å². The zero-order valence-electron chi connectivity index (χ0n) is 12.2. The molecule has 0 fully saturated rings. The van der Waals surface area contributed by atoms with E-state index in [0.29, 0.717) is 30.3 Å². The molecular weight excluding hydrogens is 266 g/mol. The second-order valence-electron chi connectivity index (χ2n) is 4.29. The zero-order valence-corrected chi connectivity index (χ0v) is 12.2. The van der Waals surface area contributed by atoms with Gasteiger partial charge in [-0.2, -0.15) is 5.11 Å². The summed E-state index contributed by atoms with van der Waals surface area (Å²) in [7, 11) is 0. The van der Waals surface area contributed by atoms with E-state index in [1.54, 1.807) is 18.2 Å². The molecule has 0 saturated heterocycles. The Kier molecular flexibility index (Phi) is 5.15. The van der Waals surface area contributed by atoms with Gasteiger partial charge in [0.15, 0.2) is 0 Å². The van der Waals surface area contributed by atoms with E-state index < -0.39 is 0 Å². The quantitative estimate of drug-likeness (QED) is 0.628. The Morgan fingerprint density at radius 3 is 2.52 bits per heavy atom. The summed E-state index contributed by atoms with van der Waals surface area (Å²) in [6.07, 6.45) is 0. The van der Waals surface area contributed by atoms with Crippen LogP contribution in [0.25, 0.3) is 0 Å². The van der Waals surface area contributed by atoms with Gasteiger partial charge in [0.2, 0.25) is 0 Å². The Bertz CT molecular complexity index is 627. The summed E-state index contributed by atoms with van der Waals surface area (Å²) >= 11 is 0. The molecule has 110 valence electrons. The van der Waals surface area contributed by atoms with Gasteiger partial charge in [-0.15, -0.1) is 5.11 Å². The normalized spacial score (nSPS) is 10.8. The van der Waals surface area contributed by atoms with Crippen LogP contribution in [0, 0.1) is 0 Å². The molecule has 0 aliphatic carbocycles. The fraction of sp³-hybridized carbons (Fsp3) is 0.250. The summed E-state index contributed by atoms with van der Waals surface area (Å²) in [5.41, 5.74) is 7.75. The number of anilines is 1. The van der Waals surface area contributed by atoms with Crippen LogP contribution in [0.15, 0.2) is 52.7 Å². The lowest BCUT2D eigenvalue weighted by Gasteiger charge is -2.06. The predicted molar refractivity (Wildman–Crippen MR) is 83.8 cm³/mol. The minimum absolute atomic E-state index is 0.547. The van der Waals surface area contributed by atoms with Crippen LogP contribution in [-0.4, -0.2) is 13.2 Å². The smallest absolute Gasteiger partial charge is 0.148 e. The number of hydrogen-bond acceptors (Lipinski definition) is 5. The first kappa shape index (κ1) is 14.8. The molecular formula is C16H19N3O2. The molecule has 0 aromatic heterocycles. The highest BCUT2D eigenvalue weighted by atomic mass is 16.5. The average Bonchev–Trinajstić information content (AvgIpc) is 2.48. The van der Waals surface area contributed by atoms with Crippen molar-refractivity contribution in [2.75, 3.05) is 18.9 Å². The predicted octanol–water partition coefficient (Wildman–Crippen LogP) is 4.48. The molecule has 0 amide bonds. The molecule has 0 aliphatic heterocycles. The molecule has 0 heterocycles. The number of ether oxygens (including phenoxy) is 2. The van der Waals surface area contributed by atoms with E-state index in [-0.39, 0.29) is 0 Å². The lowest BCUT2D eigenvalue weighted by Crippen LogP contribution is -1.93. The number of rotatable bonds is 6. The summed E-state index contributed by atoms with van der Waals surface area (Å²) < 4.78 is 10.9. The van der Waals surface area contributed by atoms with Crippen LogP contribution in [0.5, 0.6) is 11.5 Å². The van der Waals surface area contributed by atoms with Gasteiger partial charge in [0.05, 0.1) is 18.9 Å². The first-order chi connectivity index (χ1) is 10.2. The largest absolute Gasteiger partial charge is 0.494 e. The van der Waals surface area contributed by atoms with Gasteiger partial charge in [-0.1, -0.05) is 6.07 Å².